The van der Waals surface area contributed by atoms with Gasteiger partial charge in [0.1, 0.15) is 5.60 Å². The molecule has 3 heteroatoms. The summed E-state index contributed by atoms with van der Waals surface area (Å²) in [7, 11) is 0. The lowest BCUT2D eigenvalue weighted by Gasteiger charge is -2.16. The molecule has 0 radical (unpaired) electrons. The fourth-order valence-corrected chi connectivity index (χ4v) is 0.302. The number of primary amides is 1. The highest BCUT2D eigenvalue weighted by molar-refractivity contribution is 5.65. The number of hydrogen-bond donors (Lipinski definition) is 1. The number of nitrogens with two attached hydrogens (primary N) is 1. The molecule has 0 aromatic rings. The quantitative estimate of drug-likeness (QED) is 0.544. The van der Waals surface area contributed by atoms with Crippen LogP contribution in [-0.4, -0.2) is 11.7 Å². The zero-order valence-corrected chi connectivity index (χ0v) is 5.39. The van der Waals surface area contributed by atoms with Crippen molar-refractivity contribution in [1.82, 2.24) is 0 Å². The zero-order valence-electron chi connectivity index (χ0n) is 5.39. The Bertz CT molecular complexity index is 93.7. The van der Waals surface area contributed by atoms with E-state index in [1.807, 2.05) is 0 Å². The molecule has 0 bridgehead atoms. The summed E-state index contributed by atoms with van der Waals surface area (Å²) in [6, 6.07) is 0. The van der Waals surface area contributed by atoms with Gasteiger partial charge in [0, 0.05) is 0 Å². The first-order valence-electron chi connectivity index (χ1n) is 2.40. The van der Waals surface area contributed by atoms with Gasteiger partial charge >= 0.3 is 6.09 Å². The molecular weight excluding hydrogens is 118 g/mol. The molecule has 0 atom stereocenters. The van der Waals surface area contributed by atoms with Crippen LogP contribution in [0.25, 0.3) is 0 Å². The molecule has 2 N–H and O–H groups in total. The molecule has 1 amide bonds. The summed E-state index contributed by atoms with van der Waals surface area (Å²) in [5.41, 5.74) is 4.26. The minimum atomic E-state index is -0.725. The highest BCUT2D eigenvalue weighted by atomic mass is 16.6. The third-order valence-corrected chi connectivity index (χ3v) is 0.407. The molecule has 0 fully saturated rings. The Kier molecular flexibility index (Phi) is 4.11. The lowest BCUT2D eigenvalue weighted by Crippen LogP contribution is -2.27. The van der Waals surface area contributed by atoms with Crippen molar-refractivity contribution in [3.05, 3.63) is 0 Å². The fraction of sp³-hybridized carbons (Fsp3) is 0.833. The van der Waals surface area contributed by atoms with Crippen molar-refractivity contribution >= 4 is 6.09 Å². The summed E-state index contributed by atoms with van der Waals surface area (Å²) in [6.45, 7) is 5.28. The molecule has 0 aliphatic carbocycles. The van der Waals surface area contributed by atoms with Gasteiger partial charge < -0.3 is 10.5 Å². The van der Waals surface area contributed by atoms with Crippen LogP contribution in [0.15, 0.2) is 0 Å². The van der Waals surface area contributed by atoms with E-state index < -0.39 is 11.7 Å². The van der Waals surface area contributed by atoms with Crippen LogP contribution in [-0.2, 0) is 4.74 Å². The lowest BCUT2D eigenvalue weighted by molar-refractivity contribution is 0.0600. The highest BCUT2D eigenvalue weighted by Gasteiger charge is 2.12. The van der Waals surface area contributed by atoms with Crippen molar-refractivity contribution < 1.29 is 9.53 Å². The molecule has 3 nitrogen and oxygen atoms in total. The van der Waals surface area contributed by atoms with Crippen LogP contribution in [0.4, 0.5) is 4.79 Å². The Morgan fingerprint density at radius 3 is 1.78 bits per heavy atom. The average molecular weight is 133 g/mol. The van der Waals surface area contributed by atoms with Gasteiger partial charge in [-0.05, 0) is 20.8 Å². The maximum absolute atomic E-state index is 10.0. The maximum atomic E-state index is 10.0. The molecule has 0 heterocycles. The van der Waals surface area contributed by atoms with Crippen LogP contribution in [0.1, 0.15) is 28.2 Å². The minimum Gasteiger partial charge on any atom is -0.444 e. The van der Waals surface area contributed by atoms with Gasteiger partial charge in [-0.3, -0.25) is 0 Å². The van der Waals surface area contributed by atoms with E-state index in [0.717, 1.165) is 0 Å². The zero-order chi connectivity index (χ0) is 6.78. The normalized spacial score (nSPS) is 9.67. The molecule has 9 heavy (non-hydrogen) atoms. The third-order valence-electron chi connectivity index (χ3n) is 0.407. The first-order valence-corrected chi connectivity index (χ1v) is 2.40. The number of amides is 1. The predicted octanol–water partition coefficient (Wildman–Crippen LogP) is 1.52. The maximum Gasteiger partial charge on any atom is 0.405 e. The van der Waals surface area contributed by atoms with Crippen LogP contribution >= 0.6 is 0 Å². The summed E-state index contributed by atoms with van der Waals surface area (Å²) in [4.78, 5) is 10.0. The van der Waals surface area contributed by atoms with Gasteiger partial charge in [0.05, 0.1) is 0 Å². The van der Waals surface area contributed by atoms with Gasteiger partial charge in [-0.25, -0.2) is 4.79 Å². The van der Waals surface area contributed by atoms with E-state index in [1.54, 1.807) is 20.8 Å². The first-order chi connectivity index (χ1) is 3.42. The average Bonchev–Trinajstić information content (AvgIpc) is 1.21. The molecule has 0 saturated carbocycles. The monoisotopic (exact) mass is 133 g/mol. The summed E-state index contributed by atoms with van der Waals surface area (Å²) in [6.07, 6.45) is -0.725. The van der Waals surface area contributed by atoms with Gasteiger partial charge in [-0.15, -0.1) is 0 Å². The summed E-state index contributed by atoms with van der Waals surface area (Å²) < 4.78 is 4.58. The summed E-state index contributed by atoms with van der Waals surface area (Å²) >= 11 is 0. The summed E-state index contributed by atoms with van der Waals surface area (Å²) in [5.74, 6) is 0. The van der Waals surface area contributed by atoms with E-state index in [4.69, 9.17) is 5.73 Å². The van der Waals surface area contributed by atoms with Crippen molar-refractivity contribution in [1.29, 1.82) is 0 Å². The molecule has 0 aromatic carbocycles. The molecule has 0 unspecified atom stereocenters. The van der Waals surface area contributed by atoms with E-state index >= 15 is 0 Å². The van der Waals surface area contributed by atoms with Crippen molar-refractivity contribution in [3.8, 4) is 0 Å². The third kappa shape index (κ3) is 11.1. The van der Waals surface area contributed by atoms with Gasteiger partial charge in [0.2, 0.25) is 0 Å². The molecule has 0 saturated heterocycles. The largest absolute Gasteiger partial charge is 0.444 e. The Morgan fingerprint density at radius 2 is 1.78 bits per heavy atom. The Labute approximate surface area is 56.2 Å². The minimum absolute atomic E-state index is 0. The number of hydrogen-bond acceptors (Lipinski definition) is 2. The fourth-order valence-electron chi connectivity index (χ4n) is 0.302. The highest BCUT2D eigenvalue weighted by Crippen LogP contribution is 2.04. The standard InChI is InChI=1S/C5H11NO2.CH4/c1-5(2,3)8-4(6)7;/h1-3H3,(H2,6,7);1H4. The first kappa shape index (κ1) is 11.1. The number of ether oxygens (including phenoxy) is 1. The predicted molar refractivity (Wildman–Crippen MR) is 37.2 cm³/mol. The number of carbonyl (C=O) groups excluding carboxylic acids is 1. The van der Waals surface area contributed by atoms with Crippen LogP contribution in [0.2, 0.25) is 0 Å². The van der Waals surface area contributed by atoms with Crippen LogP contribution in [0.5, 0.6) is 0 Å². The molecule has 0 aromatic heterocycles. The van der Waals surface area contributed by atoms with Crippen molar-refractivity contribution in [3.63, 3.8) is 0 Å². The molecular formula is C6H15NO2. The van der Waals surface area contributed by atoms with E-state index in [0.29, 0.717) is 0 Å². The van der Waals surface area contributed by atoms with Crippen LogP contribution in [0.3, 0.4) is 0 Å². The Morgan fingerprint density at radius 1 is 1.44 bits per heavy atom. The molecule has 0 aliphatic rings. The van der Waals surface area contributed by atoms with Gasteiger partial charge in [-0.1, -0.05) is 7.43 Å². The molecule has 0 rings (SSSR count). The number of carbonyl (C=O) groups is 1. The van der Waals surface area contributed by atoms with Crippen molar-refractivity contribution in [2.24, 2.45) is 5.73 Å². The van der Waals surface area contributed by atoms with E-state index in [1.165, 1.54) is 0 Å². The second kappa shape index (κ2) is 3.33. The van der Waals surface area contributed by atoms with Gasteiger partial charge in [0.25, 0.3) is 0 Å². The Balaban J connectivity index is 0. The van der Waals surface area contributed by atoms with Crippen LogP contribution < -0.4 is 5.73 Å². The van der Waals surface area contributed by atoms with Crippen molar-refractivity contribution in [2.75, 3.05) is 0 Å². The topological polar surface area (TPSA) is 52.3 Å². The lowest BCUT2D eigenvalue weighted by atomic mass is 10.2. The second-order valence-electron chi connectivity index (χ2n) is 2.53. The summed E-state index contributed by atoms with van der Waals surface area (Å²) in [5, 5.41) is 0. The van der Waals surface area contributed by atoms with E-state index in [2.05, 4.69) is 4.74 Å². The Hall–Kier alpha value is -0.730. The molecule has 56 valence electrons. The SMILES string of the molecule is C.CC(C)(C)OC(N)=O. The van der Waals surface area contributed by atoms with E-state index in [9.17, 15) is 4.79 Å². The van der Waals surface area contributed by atoms with Gasteiger partial charge in [0.15, 0.2) is 0 Å². The molecule has 0 aliphatic heterocycles. The second-order valence-corrected chi connectivity index (χ2v) is 2.53. The molecule has 0 spiro atoms. The smallest absolute Gasteiger partial charge is 0.405 e. The number of rotatable bonds is 0. The van der Waals surface area contributed by atoms with Crippen LogP contribution in [0, 0.1) is 0 Å². The van der Waals surface area contributed by atoms with E-state index in [-0.39, 0.29) is 7.43 Å². The van der Waals surface area contributed by atoms with Gasteiger partial charge in [-0.2, -0.15) is 0 Å². The van der Waals surface area contributed by atoms with Crippen molar-refractivity contribution in [2.45, 2.75) is 33.8 Å².